The summed E-state index contributed by atoms with van der Waals surface area (Å²) < 4.78 is 20.7. The number of carbonyl (C=O) groups excluding carboxylic acids is 1. The van der Waals surface area contributed by atoms with Gasteiger partial charge < -0.3 is 10.5 Å². The second-order valence-corrected chi connectivity index (χ2v) is 7.74. The topological polar surface area (TPSA) is 72.6 Å². The van der Waals surface area contributed by atoms with Crippen molar-refractivity contribution >= 4 is 28.2 Å². The van der Waals surface area contributed by atoms with Crippen LogP contribution in [0.2, 0.25) is 0 Å². The van der Waals surface area contributed by atoms with Gasteiger partial charge in [0.1, 0.15) is 20.9 Å². The summed E-state index contributed by atoms with van der Waals surface area (Å²) in [5, 5.41) is 0. The Hall–Kier alpha value is -0.920. The van der Waals surface area contributed by atoms with E-state index in [0.717, 1.165) is 14.8 Å². The Morgan fingerprint density at radius 2 is 2.20 bits per heavy atom. The summed E-state index contributed by atoms with van der Waals surface area (Å²) in [7, 11) is -1.17. The molecule has 1 aromatic heterocycles. The number of piperidine rings is 1. The highest BCUT2D eigenvalue weighted by atomic mass is 32.2. The van der Waals surface area contributed by atoms with Crippen molar-refractivity contribution in [2.45, 2.75) is 30.9 Å². The lowest BCUT2D eigenvalue weighted by Crippen LogP contribution is -2.39. The smallest absolute Gasteiger partial charge is 0.220 e. The molecule has 1 unspecified atom stereocenters. The highest BCUT2D eigenvalue weighted by molar-refractivity contribution is 7.85. The van der Waals surface area contributed by atoms with Gasteiger partial charge in [-0.3, -0.25) is 4.79 Å². The minimum Gasteiger partial charge on any atom is -0.493 e. The van der Waals surface area contributed by atoms with Crippen LogP contribution in [0, 0.1) is 12.8 Å². The van der Waals surface area contributed by atoms with Gasteiger partial charge in [-0.1, -0.05) is 0 Å². The predicted octanol–water partition coefficient (Wildman–Crippen LogP) is 1.68. The number of ether oxygens (including phenoxy) is 1. The molecule has 1 amide bonds. The maximum atomic E-state index is 12.5. The van der Waals surface area contributed by atoms with Crippen LogP contribution in [0.5, 0.6) is 5.75 Å². The Morgan fingerprint density at radius 3 is 2.75 bits per heavy atom. The Kier molecular flexibility index (Phi) is 5.17. The van der Waals surface area contributed by atoms with E-state index < -0.39 is 11.0 Å². The van der Waals surface area contributed by atoms with E-state index in [1.54, 1.807) is 0 Å². The standard InChI is InChI=1S/C13H20N2O3S2/c1-3-18-11-8-12(19-9(11)2)20(17)15-6-4-10(5-7-15)13(14)16/h8,10H,3-7H2,1-2H3,(H2,14,16). The van der Waals surface area contributed by atoms with Gasteiger partial charge >= 0.3 is 0 Å². The summed E-state index contributed by atoms with van der Waals surface area (Å²) in [5.74, 6) is 0.487. The highest BCUT2D eigenvalue weighted by Gasteiger charge is 2.27. The second kappa shape index (κ2) is 6.69. The lowest BCUT2D eigenvalue weighted by Gasteiger charge is -2.28. The van der Waals surface area contributed by atoms with Gasteiger partial charge in [-0.05, 0) is 26.7 Å². The number of amides is 1. The lowest BCUT2D eigenvalue weighted by molar-refractivity contribution is -0.122. The van der Waals surface area contributed by atoms with E-state index in [2.05, 4.69) is 0 Å². The third-order valence-electron chi connectivity index (χ3n) is 3.41. The van der Waals surface area contributed by atoms with Crippen LogP contribution >= 0.6 is 11.3 Å². The maximum Gasteiger partial charge on any atom is 0.220 e. The van der Waals surface area contributed by atoms with E-state index in [1.165, 1.54) is 11.3 Å². The molecule has 20 heavy (non-hydrogen) atoms. The molecular weight excluding hydrogens is 296 g/mol. The zero-order valence-electron chi connectivity index (χ0n) is 11.8. The average molecular weight is 316 g/mol. The highest BCUT2D eigenvalue weighted by Crippen LogP contribution is 2.32. The summed E-state index contributed by atoms with van der Waals surface area (Å²) in [5.41, 5.74) is 5.31. The molecule has 1 aromatic rings. The van der Waals surface area contributed by atoms with Crippen LogP contribution in [0.15, 0.2) is 10.3 Å². The summed E-state index contributed by atoms with van der Waals surface area (Å²) in [6, 6.07) is 1.86. The number of thiophene rings is 1. The number of aryl methyl sites for hydroxylation is 1. The van der Waals surface area contributed by atoms with Crippen LogP contribution in [0.4, 0.5) is 0 Å². The number of hydrogen-bond donors (Lipinski definition) is 1. The van der Waals surface area contributed by atoms with E-state index in [4.69, 9.17) is 10.5 Å². The molecule has 2 N–H and O–H groups in total. The minimum absolute atomic E-state index is 0.0766. The third-order valence-corrected chi connectivity index (χ3v) is 6.21. The molecule has 112 valence electrons. The average Bonchev–Trinajstić information content (AvgIpc) is 2.80. The summed E-state index contributed by atoms with van der Waals surface area (Å²) in [6.07, 6.45) is 1.37. The van der Waals surface area contributed by atoms with Crippen molar-refractivity contribution in [2.75, 3.05) is 19.7 Å². The van der Waals surface area contributed by atoms with E-state index in [-0.39, 0.29) is 11.8 Å². The normalized spacial score (nSPS) is 18.9. The van der Waals surface area contributed by atoms with Gasteiger partial charge in [0.2, 0.25) is 5.91 Å². The Labute approximate surface area is 125 Å². The molecule has 1 aliphatic rings. The van der Waals surface area contributed by atoms with Gasteiger partial charge in [-0.25, -0.2) is 8.51 Å². The quantitative estimate of drug-likeness (QED) is 0.898. The van der Waals surface area contributed by atoms with E-state index in [0.29, 0.717) is 32.5 Å². The maximum absolute atomic E-state index is 12.5. The van der Waals surface area contributed by atoms with Crippen LogP contribution in [-0.2, 0) is 15.8 Å². The molecule has 7 heteroatoms. The fourth-order valence-corrected chi connectivity index (χ4v) is 4.92. The SMILES string of the molecule is CCOc1cc(S(=O)N2CCC(C(N)=O)CC2)sc1C. The van der Waals surface area contributed by atoms with Crippen molar-refractivity contribution < 1.29 is 13.7 Å². The molecule has 2 heterocycles. The zero-order valence-corrected chi connectivity index (χ0v) is 13.4. The molecule has 1 atom stereocenters. The van der Waals surface area contributed by atoms with Gasteiger partial charge in [0.05, 0.1) is 6.61 Å². The molecule has 2 rings (SSSR count). The number of nitrogens with two attached hydrogens (primary N) is 1. The third kappa shape index (κ3) is 3.39. The number of rotatable bonds is 5. The molecule has 1 saturated heterocycles. The first-order valence-corrected chi connectivity index (χ1v) is 8.64. The van der Waals surface area contributed by atoms with Crippen LogP contribution in [0.1, 0.15) is 24.6 Å². The number of hydrogen-bond acceptors (Lipinski definition) is 4. The van der Waals surface area contributed by atoms with Gasteiger partial charge in [-0.15, -0.1) is 11.3 Å². The van der Waals surface area contributed by atoms with Crippen LogP contribution < -0.4 is 10.5 Å². The minimum atomic E-state index is -1.17. The molecule has 0 spiro atoms. The van der Waals surface area contributed by atoms with Crippen LogP contribution in [0.3, 0.4) is 0 Å². The summed E-state index contributed by atoms with van der Waals surface area (Å²) in [4.78, 5) is 12.2. The Bertz CT molecular complexity index is 508. The zero-order chi connectivity index (χ0) is 14.7. The Balaban J connectivity index is 2.02. The van der Waals surface area contributed by atoms with E-state index in [9.17, 15) is 9.00 Å². The lowest BCUT2D eigenvalue weighted by atomic mass is 9.98. The van der Waals surface area contributed by atoms with Gasteiger partial charge in [-0.2, -0.15) is 0 Å². The van der Waals surface area contributed by atoms with Crippen molar-refractivity contribution in [1.29, 1.82) is 0 Å². The molecule has 1 aliphatic heterocycles. The first-order chi connectivity index (χ1) is 9.52. The van der Waals surface area contributed by atoms with Gasteiger partial charge in [0.15, 0.2) is 0 Å². The molecule has 0 aliphatic carbocycles. The molecule has 0 bridgehead atoms. The Morgan fingerprint density at radius 1 is 1.55 bits per heavy atom. The molecule has 0 radical (unpaired) electrons. The number of primary amides is 1. The van der Waals surface area contributed by atoms with Crippen molar-refractivity contribution in [3.05, 3.63) is 10.9 Å². The van der Waals surface area contributed by atoms with Gasteiger partial charge in [0.25, 0.3) is 0 Å². The van der Waals surface area contributed by atoms with Crippen molar-refractivity contribution in [2.24, 2.45) is 11.7 Å². The number of nitrogens with zero attached hydrogens (tertiary/aromatic N) is 1. The fourth-order valence-electron chi connectivity index (χ4n) is 2.26. The molecular formula is C13H20N2O3S2. The van der Waals surface area contributed by atoms with E-state index >= 15 is 0 Å². The summed E-state index contributed by atoms with van der Waals surface area (Å²) in [6.45, 7) is 5.79. The molecule has 0 aromatic carbocycles. The van der Waals surface area contributed by atoms with Crippen molar-refractivity contribution in [3.63, 3.8) is 0 Å². The van der Waals surface area contributed by atoms with E-state index in [1.807, 2.05) is 24.2 Å². The first-order valence-electron chi connectivity index (χ1n) is 6.72. The molecule has 1 fully saturated rings. The van der Waals surface area contributed by atoms with Crippen LogP contribution in [-0.4, -0.2) is 34.1 Å². The monoisotopic (exact) mass is 316 g/mol. The molecule has 5 nitrogen and oxygen atoms in total. The van der Waals surface area contributed by atoms with Crippen LogP contribution in [0.25, 0.3) is 0 Å². The first kappa shape index (κ1) is 15.5. The largest absolute Gasteiger partial charge is 0.493 e. The number of carbonyl (C=O) groups is 1. The van der Waals surface area contributed by atoms with Crippen molar-refractivity contribution in [3.8, 4) is 5.75 Å². The van der Waals surface area contributed by atoms with Crippen molar-refractivity contribution in [1.82, 2.24) is 4.31 Å². The predicted molar refractivity (Wildman–Crippen MR) is 80.1 cm³/mol. The fraction of sp³-hybridized carbons (Fsp3) is 0.615. The molecule has 0 saturated carbocycles. The summed E-state index contributed by atoms with van der Waals surface area (Å²) >= 11 is 1.50. The van der Waals surface area contributed by atoms with Gasteiger partial charge in [0, 0.05) is 30.0 Å². The second-order valence-electron chi connectivity index (χ2n) is 4.77.